The first-order chi connectivity index (χ1) is 12.0. The fourth-order valence-corrected chi connectivity index (χ4v) is 4.42. The van der Waals surface area contributed by atoms with E-state index in [4.69, 9.17) is 0 Å². The van der Waals surface area contributed by atoms with Gasteiger partial charge in [-0.1, -0.05) is 13.8 Å². The molecule has 1 saturated heterocycles. The maximum Gasteiger partial charge on any atom is 0.237 e. The number of nitrogens with one attached hydrogen (secondary N) is 2. The Kier molecular flexibility index (Phi) is 5.62. The van der Waals surface area contributed by atoms with Crippen molar-refractivity contribution < 1.29 is 9.18 Å². The van der Waals surface area contributed by atoms with Crippen LogP contribution < -0.4 is 15.5 Å². The normalized spacial score (nSPS) is 26.8. The maximum absolute atomic E-state index is 13.1. The second-order valence-corrected chi connectivity index (χ2v) is 7.97. The third-order valence-electron chi connectivity index (χ3n) is 5.75. The molecule has 0 spiro atoms. The number of halogens is 1. The standard InChI is InChI=1S/C20H30FN3O/c1-13(2)10-19(22-3)20(25)23-18-9-4-14-11-24(12-17(14)18)16-7-5-15(21)6-8-16/h5-8,13-14,17-19,22H,4,9-12H2,1-3H3,(H,23,25)/t14-,17+,18+,19+/m1/s1. The van der Waals surface area contributed by atoms with Crippen molar-refractivity contribution in [1.29, 1.82) is 0 Å². The molecule has 0 radical (unpaired) electrons. The lowest BCUT2D eigenvalue weighted by Crippen LogP contribution is -2.49. The van der Waals surface area contributed by atoms with Gasteiger partial charge in [-0.15, -0.1) is 0 Å². The minimum Gasteiger partial charge on any atom is -0.371 e. The third-order valence-corrected chi connectivity index (χ3v) is 5.75. The molecule has 0 bridgehead atoms. The monoisotopic (exact) mass is 347 g/mol. The topological polar surface area (TPSA) is 44.4 Å². The molecule has 0 unspecified atom stereocenters. The van der Waals surface area contributed by atoms with E-state index in [9.17, 15) is 9.18 Å². The Bertz CT molecular complexity index is 589. The predicted octanol–water partition coefficient (Wildman–Crippen LogP) is 2.79. The van der Waals surface area contributed by atoms with Crippen LogP contribution in [0, 0.1) is 23.6 Å². The van der Waals surface area contributed by atoms with Crippen molar-refractivity contribution in [3.63, 3.8) is 0 Å². The minimum atomic E-state index is -0.198. The van der Waals surface area contributed by atoms with E-state index >= 15 is 0 Å². The van der Waals surface area contributed by atoms with Gasteiger partial charge in [0.15, 0.2) is 0 Å². The van der Waals surface area contributed by atoms with Crippen LogP contribution in [0.25, 0.3) is 0 Å². The Hall–Kier alpha value is -1.62. The molecule has 1 aliphatic heterocycles. The first-order valence-electron chi connectivity index (χ1n) is 9.46. The Morgan fingerprint density at radius 2 is 1.96 bits per heavy atom. The average molecular weight is 347 g/mol. The van der Waals surface area contributed by atoms with Gasteiger partial charge in [0, 0.05) is 30.7 Å². The number of anilines is 1. The zero-order valence-electron chi connectivity index (χ0n) is 15.5. The summed E-state index contributed by atoms with van der Waals surface area (Å²) < 4.78 is 13.1. The van der Waals surface area contributed by atoms with Crippen LogP contribution in [0.1, 0.15) is 33.1 Å². The van der Waals surface area contributed by atoms with Crippen molar-refractivity contribution in [2.75, 3.05) is 25.0 Å². The predicted molar refractivity (Wildman–Crippen MR) is 99.1 cm³/mol. The number of fused-ring (bicyclic) bond motifs is 1. The SMILES string of the molecule is CN[C@@H](CC(C)C)C(=O)N[C@H]1CC[C@@H]2CN(c3ccc(F)cc3)C[C@@H]21. The number of benzene rings is 1. The molecule has 1 aromatic rings. The molecule has 4 nitrogen and oxygen atoms in total. The number of hydrogen-bond donors (Lipinski definition) is 2. The highest BCUT2D eigenvalue weighted by Crippen LogP contribution is 2.40. The first kappa shape index (κ1) is 18.2. The summed E-state index contributed by atoms with van der Waals surface area (Å²) >= 11 is 0. The molecule has 25 heavy (non-hydrogen) atoms. The molecule has 1 aromatic carbocycles. The van der Waals surface area contributed by atoms with Gasteiger partial charge in [0.2, 0.25) is 5.91 Å². The van der Waals surface area contributed by atoms with Crippen molar-refractivity contribution in [2.24, 2.45) is 17.8 Å². The highest BCUT2D eigenvalue weighted by atomic mass is 19.1. The zero-order valence-corrected chi connectivity index (χ0v) is 15.5. The van der Waals surface area contributed by atoms with Crippen LogP contribution in [0.2, 0.25) is 0 Å². The molecular formula is C20H30FN3O. The number of hydrogen-bond acceptors (Lipinski definition) is 3. The maximum atomic E-state index is 13.1. The van der Waals surface area contributed by atoms with Gasteiger partial charge in [-0.25, -0.2) is 4.39 Å². The molecule has 1 heterocycles. The van der Waals surface area contributed by atoms with Crippen LogP contribution >= 0.6 is 0 Å². The van der Waals surface area contributed by atoms with Gasteiger partial charge in [-0.05, 0) is 62.4 Å². The molecule has 2 fully saturated rings. The van der Waals surface area contributed by atoms with Gasteiger partial charge in [0.05, 0.1) is 6.04 Å². The smallest absolute Gasteiger partial charge is 0.237 e. The zero-order chi connectivity index (χ0) is 18.0. The number of carbonyl (C=O) groups is 1. The van der Waals surface area contributed by atoms with Gasteiger partial charge in [-0.2, -0.15) is 0 Å². The molecule has 2 N–H and O–H groups in total. The lowest BCUT2D eigenvalue weighted by atomic mass is 9.97. The fourth-order valence-electron chi connectivity index (χ4n) is 4.42. The highest BCUT2D eigenvalue weighted by molar-refractivity contribution is 5.82. The quantitative estimate of drug-likeness (QED) is 0.832. The van der Waals surface area contributed by atoms with Crippen molar-refractivity contribution in [3.05, 3.63) is 30.1 Å². The largest absolute Gasteiger partial charge is 0.371 e. The van der Waals surface area contributed by atoms with E-state index in [-0.39, 0.29) is 23.8 Å². The second kappa shape index (κ2) is 7.73. The second-order valence-electron chi connectivity index (χ2n) is 7.97. The van der Waals surface area contributed by atoms with Crippen LogP contribution in [0.5, 0.6) is 0 Å². The number of likely N-dealkylation sites (N-methyl/N-ethyl adjacent to an activating group) is 1. The van der Waals surface area contributed by atoms with Crippen molar-refractivity contribution in [2.45, 2.75) is 45.2 Å². The van der Waals surface area contributed by atoms with E-state index in [1.807, 2.05) is 19.2 Å². The van der Waals surface area contributed by atoms with Crippen LogP contribution in [0.4, 0.5) is 10.1 Å². The molecule has 5 heteroatoms. The van der Waals surface area contributed by atoms with E-state index in [1.165, 1.54) is 12.1 Å². The van der Waals surface area contributed by atoms with Gasteiger partial charge in [-0.3, -0.25) is 4.79 Å². The van der Waals surface area contributed by atoms with Crippen LogP contribution in [0.3, 0.4) is 0 Å². The summed E-state index contributed by atoms with van der Waals surface area (Å²) in [6.45, 7) is 6.22. The summed E-state index contributed by atoms with van der Waals surface area (Å²) in [7, 11) is 1.86. The summed E-state index contributed by atoms with van der Waals surface area (Å²) in [5.74, 6) is 1.53. The molecular weight excluding hydrogens is 317 g/mol. The molecule has 1 saturated carbocycles. The van der Waals surface area contributed by atoms with Gasteiger partial charge >= 0.3 is 0 Å². The van der Waals surface area contributed by atoms with Gasteiger partial charge in [0.1, 0.15) is 5.82 Å². The molecule has 1 amide bonds. The number of amides is 1. The molecule has 1 aliphatic carbocycles. The summed E-state index contributed by atoms with van der Waals surface area (Å²) in [6, 6.07) is 6.88. The van der Waals surface area contributed by atoms with Gasteiger partial charge < -0.3 is 15.5 Å². The van der Waals surface area contributed by atoms with E-state index < -0.39 is 0 Å². The van der Waals surface area contributed by atoms with E-state index in [2.05, 4.69) is 29.4 Å². The van der Waals surface area contributed by atoms with Crippen molar-refractivity contribution in [3.8, 4) is 0 Å². The van der Waals surface area contributed by atoms with Crippen LogP contribution in [-0.4, -0.2) is 38.1 Å². The summed E-state index contributed by atoms with van der Waals surface area (Å²) in [4.78, 5) is 14.9. The number of carbonyl (C=O) groups excluding carboxylic acids is 1. The Morgan fingerprint density at radius 3 is 2.60 bits per heavy atom. The van der Waals surface area contributed by atoms with E-state index in [1.54, 1.807) is 0 Å². The van der Waals surface area contributed by atoms with Crippen molar-refractivity contribution >= 4 is 11.6 Å². The van der Waals surface area contributed by atoms with E-state index in [0.29, 0.717) is 17.8 Å². The summed E-state index contributed by atoms with van der Waals surface area (Å²) in [5.41, 5.74) is 1.08. The molecule has 138 valence electrons. The molecule has 0 aromatic heterocycles. The van der Waals surface area contributed by atoms with Crippen LogP contribution in [-0.2, 0) is 4.79 Å². The summed E-state index contributed by atoms with van der Waals surface area (Å²) in [6.07, 6.45) is 3.07. The van der Waals surface area contributed by atoms with Crippen LogP contribution in [0.15, 0.2) is 24.3 Å². The third kappa shape index (κ3) is 4.14. The molecule has 4 atom stereocenters. The summed E-state index contributed by atoms with van der Waals surface area (Å²) in [5, 5.41) is 6.45. The lowest BCUT2D eigenvalue weighted by molar-refractivity contribution is -0.124. The average Bonchev–Trinajstić information content (AvgIpc) is 3.15. The molecule has 3 rings (SSSR count). The Labute approximate surface area is 150 Å². The number of rotatable bonds is 6. The van der Waals surface area contributed by atoms with Crippen molar-refractivity contribution in [1.82, 2.24) is 10.6 Å². The molecule has 2 aliphatic rings. The highest BCUT2D eigenvalue weighted by Gasteiger charge is 2.43. The van der Waals surface area contributed by atoms with Gasteiger partial charge in [0.25, 0.3) is 0 Å². The number of nitrogens with zero attached hydrogens (tertiary/aromatic N) is 1. The fraction of sp³-hybridized carbons (Fsp3) is 0.650. The first-order valence-corrected chi connectivity index (χ1v) is 9.46. The Morgan fingerprint density at radius 1 is 1.24 bits per heavy atom. The Balaban J connectivity index is 1.60. The van der Waals surface area contributed by atoms with E-state index in [0.717, 1.165) is 38.0 Å². The lowest BCUT2D eigenvalue weighted by Gasteiger charge is -2.25. The minimum absolute atomic E-state index is 0.117.